The fourth-order valence-corrected chi connectivity index (χ4v) is 1.83. The highest BCUT2D eigenvalue weighted by Gasteiger charge is 2.38. The molecule has 0 fully saturated rings. The minimum Gasteiger partial charge on any atom is -0.453 e. The molecule has 0 bridgehead atoms. The first kappa shape index (κ1) is 14.1. The van der Waals surface area contributed by atoms with Crippen LogP contribution in [0.25, 0.3) is 22.8 Å². The van der Waals surface area contributed by atoms with Gasteiger partial charge in [-0.05, 0) is 24.3 Å². The second-order valence-corrected chi connectivity index (χ2v) is 4.31. The molecule has 3 aromatic rings. The summed E-state index contributed by atoms with van der Waals surface area (Å²) < 4.78 is 47.2. The number of rotatable bonds is 3. The third-order valence-electron chi connectivity index (χ3n) is 2.80. The molecular weight excluding hydrogens is 301 g/mol. The zero-order valence-corrected chi connectivity index (χ0v) is 10.8. The molecule has 0 saturated heterocycles. The molecule has 0 spiro atoms. The monoisotopic (exact) mass is 308 g/mol. The van der Waals surface area contributed by atoms with Gasteiger partial charge in [0.25, 0.3) is 0 Å². The number of aldehydes is 1. The summed E-state index contributed by atoms with van der Waals surface area (Å²) in [5, 5.41) is 6.36. The molecule has 8 heteroatoms. The zero-order chi connectivity index (χ0) is 15.7. The second kappa shape index (κ2) is 5.14. The summed E-state index contributed by atoms with van der Waals surface area (Å²) in [7, 11) is 0. The van der Waals surface area contributed by atoms with E-state index < -0.39 is 12.1 Å². The standard InChI is InChI=1S/C14H7F3N2O3/c15-14(16,17)13-19-18-12(22-13)9-3-1-2-8(6-9)11-5-4-10(7-20)21-11/h1-7H. The van der Waals surface area contributed by atoms with Crippen LogP contribution in [0.2, 0.25) is 0 Å². The highest BCUT2D eigenvalue weighted by Crippen LogP contribution is 2.31. The van der Waals surface area contributed by atoms with Crippen LogP contribution in [-0.4, -0.2) is 16.5 Å². The van der Waals surface area contributed by atoms with E-state index in [1.807, 2.05) is 0 Å². The number of nitrogens with zero attached hydrogens (tertiary/aromatic N) is 2. The average molecular weight is 308 g/mol. The fraction of sp³-hybridized carbons (Fsp3) is 0.0714. The maximum Gasteiger partial charge on any atom is 0.470 e. The van der Waals surface area contributed by atoms with Crippen molar-refractivity contribution in [1.29, 1.82) is 0 Å². The predicted octanol–water partition coefficient (Wildman–Crippen LogP) is 3.83. The van der Waals surface area contributed by atoms with Crippen molar-refractivity contribution in [3.05, 3.63) is 48.0 Å². The van der Waals surface area contributed by atoms with Gasteiger partial charge in [0.2, 0.25) is 5.89 Å². The lowest BCUT2D eigenvalue weighted by Crippen LogP contribution is -2.04. The van der Waals surface area contributed by atoms with E-state index in [-0.39, 0.29) is 11.7 Å². The molecule has 2 heterocycles. The Kier molecular flexibility index (Phi) is 3.28. The molecule has 0 aliphatic carbocycles. The molecule has 1 aromatic carbocycles. The number of hydrogen-bond donors (Lipinski definition) is 0. The van der Waals surface area contributed by atoms with Gasteiger partial charge in [-0.2, -0.15) is 13.2 Å². The van der Waals surface area contributed by atoms with Gasteiger partial charge in [0.15, 0.2) is 12.0 Å². The van der Waals surface area contributed by atoms with Gasteiger partial charge >= 0.3 is 12.1 Å². The van der Waals surface area contributed by atoms with E-state index in [0.29, 0.717) is 23.2 Å². The van der Waals surface area contributed by atoms with Crippen LogP contribution in [0.3, 0.4) is 0 Å². The maximum atomic E-state index is 12.5. The third-order valence-corrected chi connectivity index (χ3v) is 2.80. The van der Waals surface area contributed by atoms with Gasteiger partial charge in [0.05, 0.1) is 0 Å². The first-order valence-electron chi connectivity index (χ1n) is 6.04. The first-order chi connectivity index (χ1) is 10.5. The SMILES string of the molecule is O=Cc1ccc(-c2cccc(-c3nnc(C(F)(F)F)o3)c2)o1. The summed E-state index contributed by atoms with van der Waals surface area (Å²) in [4.78, 5) is 10.6. The van der Waals surface area contributed by atoms with Crippen LogP contribution in [0.1, 0.15) is 16.4 Å². The minimum absolute atomic E-state index is 0.151. The molecule has 0 aliphatic heterocycles. The number of carbonyl (C=O) groups excluding carboxylic acids is 1. The smallest absolute Gasteiger partial charge is 0.453 e. The normalized spacial score (nSPS) is 11.6. The van der Waals surface area contributed by atoms with Crippen molar-refractivity contribution in [3.8, 4) is 22.8 Å². The van der Waals surface area contributed by atoms with Gasteiger partial charge in [-0.25, -0.2) is 0 Å². The van der Waals surface area contributed by atoms with Crippen molar-refractivity contribution in [1.82, 2.24) is 10.2 Å². The van der Waals surface area contributed by atoms with Crippen molar-refractivity contribution in [2.75, 3.05) is 0 Å². The van der Waals surface area contributed by atoms with Crippen LogP contribution in [0.5, 0.6) is 0 Å². The molecule has 3 rings (SSSR count). The second-order valence-electron chi connectivity index (χ2n) is 4.31. The summed E-state index contributed by atoms with van der Waals surface area (Å²) in [5.41, 5.74) is 0.877. The van der Waals surface area contributed by atoms with Crippen LogP contribution >= 0.6 is 0 Å². The first-order valence-corrected chi connectivity index (χ1v) is 6.04. The quantitative estimate of drug-likeness (QED) is 0.688. The summed E-state index contributed by atoms with van der Waals surface area (Å²) in [6.45, 7) is 0. The number of carbonyl (C=O) groups is 1. The number of furan rings is 1. The molecule has 0 atom stereocenters. The van der Waals surface area contributed by atoms with Gasteiger partial charge in [-0.1, -0.05) is 12.1 Å². The maximum absolute atomic E-state index is 12.5. The van der Waals surface area contributed by atoms with E-state index in [0.717, 1.165) is 0 Å². The van der Waals surface area contributed by atoms with Crippen LogP contribution in [0.15, 0.2) is 45.2 Å². The summed E-state index contributed by atoms with van der Waals surface area (Å²) >= 11 is 0. The number of hydrogen-bond acceptors (Lipinski definition) is 5. The molecule has 112 valence electrons. The van der Waals surface area contributed by atoms with E-state index in [9.17, 15) is 18.0 Å². The lowest BCUT2D eigenvalue weighted by atomic mass is 10.1. The molecule has 5 nitrogen and oxygen atoms in total. The molecular formula is C14H7F3N2O3. The molecule has 0 N–H and O–H groups in total. The topological polar surface area (TPSA) is 69.1 Å². The van der Waals surface area contributed by atoms with Gasteiger partial charge in [-0.3, -0.25) is 4.79 Å². The Morgan fingerprint density at radius 3 is 2.41 bits per heavy atom. The minimum atomic E-state index is -4.69. The van der Waals surface area contributed by atoms with Crippen molar-refractivity contribution in [2.24, 2.45) is 0 Å². The molecule has 0 saturated carbocycles. The van der Waals surface area contributed by atoms with Gasteiger partial charge in [-0.15, -0.1) is 10.2 Å². The third kappa shape index (κ3) is 2.62. The highest BCUT2D eigenvalue weighted by atomic mass is 19.4. The van der Waals surface area contributed by atoms with Gasteiger partial charge in [0, 0.05) is 11.1 Å². The molecule has 0 unspecified atom stereocenters. The Labute approximate surface area is 121 Å². The number of benzene rings is 1. The predicted molar refractivity (Wildman–Crippen MR) is 67.8 cm³/mol. The van der Waals surface area contributed by atoms with Crippen LogP contribution < -0.4 is 0 Å². The highest BCUT2D eigenvalue weighted by molar-refractivity contribution is 5.73. The van der Waals surface area contributed by atoms with Crippen molar-refractivity contribution >= 4 is 6.29 Å². The molecule has 2 aromatic heterocycles. The number of halogens is 3. The van der Waals surface area contributed by atoms with Crippen molar-refractivity contribution in [3.63, 3.8) is 0 Å². The molecule has 0 amide bonds. The van der Waals surface area contributed by atoms with E-state index in [2.05, 4.69) is 14.6 Å². The molecule has 0 aliphatic rings. The molecule has 0 radical (unpaired) electrons. The Bertz CT molecular complexity index is 821. The van der Waals surface area contributed by atoms with Crippen LogP contribution in [-0.2, 0) is 6.18 Å². The number of aromatic nitrogens is 2. The summed E-state index contributed by atoms with van der Waals surface area (Å²) in [6.07, 6.45) is -4.14. The summed E-state index contributed by atoms with van der Waals surface area (Å²) in [5.74, 6) is -1.11. The van der Waals surface area contributed by atoms with E-state index in [1.165, 1.54) is 18.2 Å². The van der Waals surface area contributed by atoms with Crippen LogP contribution in [0.4, 0.5) is 13.2 Å². The Hall–Kier alpha value is -2.90. The molecule has 22 heavy (non-hydrogen) atoms. The van der Waals surface area contributed by atoms with Crippen molar-refractivity contribution < 1.29 is 26.8 Å². The fourth-order valence-electron chi connectivity index (χ4n) is 1.83. The largest absolute Gasteiger partial charge is 0.470 e. The Morgan fingerprint density at radius 2 is 1.77 bits per heavy atom. The average Bonchev–Trinajstić information content (AvgIpc) is 3.16. The lowest BCUT2D eigenvalue weighted by molar-refractivity contribution is -0.156. The summed E-state index contributed by atoms with van der Waals surface area (Å²) in [6, 6.07) is 9.41. The van der Waals surface area contributed by atoms with Gasteiger partial charge in [0.1, 0.15) is 5.76 Å². The Balaban J connectivity index is 1.97. The van der Waals surface area contributed by atoms with E-state index in [4.69, 9.17) is 4.42 Å². The zero-order valence-electron chi connectivity index (χ0n) is 10.8. The van der Waals surface area contributed by atoms with Gasteiger partial charge < -0.3 is 8.83 Å². The van der Waals surface area contributed by atoms with E-state index in [1.54, 1.807) is 18.2 Å². The van der Waals surface area contributed by atoms with Crippen LogP contribution in [0, 0.1) is 0 Å². The number of alkyl halides is 3. The van der Waals surface area contributed by atoms with E-state index >= 15 is 0 Å². The lowest BCUT2D eigenvalue weighted by Gasteiger charge is -2.00. The van der Waals surface area contributed by atoms with Crippen molar-refractivity contribution in [2.45, 2.75) is 6.18 Å². The Morgan fingerprint density at radius 1 is 1.00 bits per heavy atom.